The molecule has 0 saturated carbocycles. The van der Waals surface area contributed by atoms with Crippen LogP contribution in [0, 0.1) is 5.92 Å². The topological polar surface area (TPSA) is 38.5 Å². The molecule has 0 amide bonds. The molecule has 0 aromatic rings. The predicted octanol–water partition coefficient (Wildman–Crippen LogP) is 1.86. The van der Waals surface area contributed by atoms with Crippen molar-refractivity contribution in [1.82, 2.24) is 4.90 Å². The van der Waals surface area contributed by atoms with E-state index in [0.29, 0.717) is 6.10 Å². The second kappa shape index (κ2) is 5.99. The molecular formula is C13H28N2O. The monoisotopic (exact) mass is 228 g/mol. The third kappa shape index (κ3) is 3.72. The average molecular weight is 228 g/mol. The van der Waals surface area contributed by atoms with Gasteiger partial charge in [0.1, 0.15) is 0 Å². The molecule has 0 spiro atoms. The maximum atomic E-state index is 5.99. The van der Waals surface area contributed by atoms with Crippen LogP contribution >= 0.6 is 0 Å². The molecule has 16 heavy (non-hydrogen) atoms. The first kappa shape index (κ1) is 13.9. The zero-order valence-electron chi connectivity index (χ0n) is 11.3. The van der Waals surface area contributed by atoms with Crippen LogP contribution in [-0.4, -0.2) is 42.8 Å². The Kier molecular flexibility index (Phi) is 5.22. The van der Waals surface area contributed by atoms with Gasteiger partial charge in [-0.15, -0.1) is 0 Å². The lowest BCUT2D eigenvalue weighted by molar-refractivity contribution is -0.0591. The van der Waals surface area contributed by atoms with Crippen LogP contribution in [0.4, 0.5) is 0 Å². The van der Waals surface area contributed by atoms with E-state index >= 15 is 0 Å². The molecule has 3 heteroatoms. The summed E-state index contributed by atoms with van der Waals surface area (Å²) in [5, 5.41) is 0. The van der Waals surface area contributed by atoms with E-state index in [1.165, 1.54) is 12.8 Å². The fourth-order valence-corrected chi connectivity index (χ4v) is 2.30. The smallest absolute Gasteiger partial charge is 0.0674 e. The molecule has 0 aliphatic carbocycles. The summed E-state index contributed by atoms with van der Waals surface area (Å²) in [7, 11) is 0. The molecule has 1 rings (SSSR count). The molecule has 1 saturated heterocycles. The Balaban J connectivity index is 2.55. The van der Waals surface area contributed by atoms with Gasteiger partial charge < -0.3 is 10.5 Å². The Morgan fingerprint density at radius 3 is 2.69 bits per heavy atom. The Morgan fingerprint density at radius 2 is 2.19 bits per heavy atom. The first-order valence-electron chi connectivity index (χ1n) is 6.54. The van der Waals surface area contributed by atoms with Crippen molar-refractivity contribution in [3.05, 3.63) is 0 Å². The van der Waals surface area contributed by atoms with Crippen LogP contribution in [0.15, 0.2) is 0 Å². The van der Waals surface area contributed by atoms with Crippen molar-refractivity contribution < 1.29 is 4.74 Å². The molecule has 0 radical (unpaired) electrons. The predicted molar refractivity (Wildman–Crippen MR) is 68.5 cm³/mol. The largest absolute Gasteiger partial charge is 0.376 e. The normalized spacial score (nSPS) is 27.0. The quantitative estimate of drug-likeness (QED) is 0.780. The fourth-order valence-electron chi connectivity index (χ4n) is 2.30. The summed E-state index contributed by atoms with van der Waals surface area (Å²) in [4.78, 5) is 2.52. The Labute approximate surface area is 100 Å². The van der Waals surface area contributed by atoms with Crippen molar-refractivity contribution in [2.45, 2.75) is 52.2 Å². The van der Waals surface area contributed by atoms with Gasteiger partial charge in [0.25, 0.3) is 0 Å². The van der Waals surface area contributed by atoms with E-state index in [-0.39, 0.29) is 5.54 Å². The van der Waals surface area contributed by atoms with Gasteiger partial charge in [0.15, 0.2) is 0 Å². The van der Waals surface area contributed by atoms with Crippen molar-refractivity contribution in [3.63, 3.8) is 0 Å². The maximum absolute atomic E-state index is 5.99. The lowest BCUT2D eigenvalue weighted by Crippen LogP contribution is -2.57. The number of ether oxygens (including phenoxy) is 1. The molecule has 1 aliphatic rings. The third-order valence-electron chi connectivity index (χ3n) is 3.70. The molecule has 3 nitrogen and oxygen atoms in total. The summed E-state index contributed by atoms with van der Waals surface area (Å²) in [5.74, 6) is 0.754. The standard InChI is InChI=1S/C13H28N2O/c1-11(2)5-6-13(4,10-14)15-7-8-16-12(3)9-15/h11-12H,5-10,14H2,1-4H3. The van der Waals surface area contributed by atoms with Gasteiger partial charge in [-0.2, -0.15) is 0 Å². The summed E-state index contributed by atoms with van der Waals surface area (Å²) in [6.07, 6.45) is 2.78. The van der Waals surface area contributed by atoms with Gasteiger partial charge in [-0.05, 0) is 32.6 Å². The molecule has 1 aliphatic heterocycles. The molecule has 96 valence electrons. The van der Waals surface area contributed by atoms with Gasteiger partial charge in [-0.3, -0.25) is 4.90 Å². The highest BCUT2D eigenvalue weighted by Gasteiger charge is 2.33. The first-order valence-corrected chi connectivity index (χ1v) is 6.54. The van der Waals surface area contributed by atoms with Gasteiger partial charge in [0.05, 0.1) is 12.7 Å². The van der Waals surface area contributed by atoms with E-state index in [4.69, 9.17) is 10.5 Å². The summed E-state index contributed by atoms with van der Waals surface area (Å²) in [5.41, 5.74) is 6.14. The number of morpholine rings is 1. The van der Waals surface area contributed by atoms with Crippen LogP contribution < -0.4 is 5.73 Å². The Morgan fingerprint density at radius 1 is 1.50 bits per heavy atom. The summed E-state index contributed by atoms with van der Waals surface area (Å²) in [6, 6.07) is 0. The van der Waals surface area contributed by atoms with E-state index in [1.807, 2.05) is 0 Å². The highest BCUT2D eigenvalue weighted by molar-refractivity contribution is 4.89. The second-order valence-corrected chi connectivity index (χ2v) is 5.76. The van der Waals surface area contributed by atoms with E-state index in [2.05, 4.69) is 32.6 Å². The minimum atomic E-state index is 0.155. The van der Waals surface area contributed by atoms with E-state index in [9.17, 15) is 0 Å². The average Bonchev–Trinajstić information content (AvgIpc) is 2.26. The SMILES string of the molecule is CC(C)CCC(C)(CN)N1CCOC(C)C1. The Hall–Kier alpha value is -0.120. The van der Waals surface area contributed by atoms with Crippen molar-refractivity contribution in [3.8, 4) is 0 Å². The van der Waals surface area contributed by atoms with Gasteiger partial charge in [-0.1, -0.05) is 13.8 Å². The zero-order chi connectivity index (χ0) is 12.2. The molecule has 2 N–H and O–H groups in total. The van der Waals surface area contributed by atoms with E-state index in [1.54, 1.807) is 0 Å². The minimum Gasteiger partial charge on any atom is -0.376 e. The highest BCUT2D eigenvalue weighted by Crippen LogP contribution is 2.24. The fraction of sp³-hybridized carbons (Fsp3) is 1.00. The summed E-state index contributed by atoms with van der Waals surface area (Å²) in [6.45, 7) is 12.6. The van der Waals surface area contributed by atoms with E-state index < -0.39 is 0 Å². The van der Waals surface area contributed by atoms with Crippen LogP contribution in [0.5, 0.6) is 0 Å². The van der Waals surface area contributed by atoms with Crippen LogP contribution in [0.25, 0.3) is 0 Å². The molecule has 0 aromatic heterocycles. The van der Waals surface area contributed by atoms with Crippen molar-refractivity contribution in [1.29, 1.82) is 0 Å². The number of nitrogens with two attached hydrogens (primary N) is 1. The first-order chi connectivity index (χ1) is 7.48. The molecule has 2 atom stereocenters. The van der Waals surface area contributed by atoms with Gasteiger partial charge in [-0.25, -0.2) is 0 Å². The number of hydrogen-bond acceptors (Lipinski definition) is 3. The van der Waals surface area contributed by atoms with Gasteiger partial charge >= 0.3 is 0 Å². The molecule has 0 aromatic carbocycles. The highest BCUT2D eigenvalue weighted by atomic mass is 16.5. The van der Waals surface area contributed by atoms with Gasteiger partial charge in [0.2, 0.25) is 0 Å². The molecule has 2 unspecified atom stereocenters. The lowest BCUT2D eigenvalue weighted by Gasteiger charge is -2.45. The molecule has 1 heterocycles. The minimum absolute atomic E-state index is 0.155. The van der Waals surface area contributed by atoms with Crippen molar-refractivity contribution in [2.75, 3.05) is 26.2 Å². The molecular weight excluding hydrogens is 200 g/mol. The van der Waals surface area contributed by atoms with Crippen LogP contribution in [0.1, 0.15) is 40.5 Å². The Bertz CT molecular complexity index is 208. The van der Waals surface area contributed by atoms with Crippen molar-refractivity contribution >= 4 is 0 Å². The zero-order valence-corrected chi connectivity index (χ0v) is 11.3. The summed E-state index contributed by atoms with van der Waals surface area (Å²) < 4.78 is 5.59. The van der Waals surface area contributed by atoms with Gasteiger partial charge in [0, 0.05) is 25.2 Å². The molecule has 0 bridgehead atoms. The van der Waals surface area contributed by atoms with Crippen LogP contribution in [0.3, 0.4) is 0 Å². The summed E-state index contributed by atoms with van der Waals surface area (Å²) >= 11 is 0. The van der Waals surface area contributed by atoms with E-state index in [0.717, 1.165) is 32.2 Å². The maximum Gasteiger partial charge on any atom is 0.0674 e. The number of rotatable bonds is 5. The lowest BCUT2D eigenvalue weighted by atomic mass is 9.89. The number of nitrogens with zero attached hydrogens (tertiary/aromatic N) is 1. The number of hydrogen-bond donors (Lipinski definition) is 1. The molecule has 1 fully saturated rings. The van der Waals surface area contributed by atoms with Crippen molar-refractivity contribution in [2.24, 2.45) is 11.7 Å². The van der Waals surface area contributed by atoms with Crippen LogP contribution in [0.2, 0.25) is 0 Å². The van der Waals surface area contributed by atoms with Crippen LogP contribution in [-0.2, 0) is 4.74 Å². The third-order valence-corrected chi connectivity index (χ3v) is 3.70. The second-order valence-electron chi connectivity index (χ2n) is 5.76.